The summed E-state index contributed by atoms with van der Waals surface area (Å²) in [5, 5.41) is 5.59. The van der Waals surface area contributed by atoms with Gasteiger partial charge in [-0.15, -0.1) is 0 Å². The van der Waals surface area contributed by atoms with E-state index in [1.54, 1.807) is 32.7 Å². The van der Waals surface area contributed by atoms with Crippen molar-refractivity contribution in [2.24, 2.45) is 0 Å². The van der Waals surface area contributed by atoms with Crippen molar-refractivity contribution < 1.29 is 18.4 Å². The van der Waals surface area contributed by atoms with Crippen molar-refractivity contribution in [2.45, 2.75) is 25.7 Å². The van der Waals surface area contributed by atoms with Gasteiger partial charge in [0.15, 0.2) is 11.5 Å². The molecule has 0 spiro atoms. The molecule has 2 aromatic carbocycles. The molecule has 4 aromatic rings. The molecule has 0 unspecified atom stereocenters. The van der Waals surface area contributed by atoms with E-state index in [1.807, 2.05) is 24.3 Å². The van der Waals surface area contributed by atoms with E-state index in [2.05, 4.69) is 0 Å². The van der Waals surface area contributed by atoms with Crippen LogP contribution in [0.25, 0.3) is 16.7 Å². The van der Waals surface area contributed by atoms with Crippen molar-refractivity contribution in [3.05, 3.63) is 83.1 Å². The van der Waals surface area contributed by atoms with Crippen molar-refractivity contribution in [3.8, 4) is 5.69 Å². The number of piperazine rings is 1. The Kier molecular flexibility index (Phi) is 5.36. The van der Waals surface area contributed by atoms with Gasteiger partial charge < -0.3 is 14.2 Å². The largest absolute Gasteiger partial charge is 0.451 e. The van der Waals surface area contributed by atoms with Crippen molar-refractivity contribution in [2.75, 3.05) is 26.2 Å². The highest BCUT2D eigenvalue weighted by Crippen LogP contribution is 2.28. The second-order valence-corrected chi connectivity index (χ2v) is 9.10. The number of para-hydroxylation sites is 1. The lowest BCUT2D eigenvalue weighted by atomic mass is 9.95. The van der Waals surface area contributed by atoms with Crippen LogP contribution in [0.4, 0.5) is 4.39 Å². The lowest BCUT2D eigenvalue weighted by Crippen LogP contribution is -2.50. The normalized spacial score (nSPS) is 15.9. The summed E-state index contributed by atoms with van der Waals surface area (Å²) >= 11 is 0. The first-order valence-electron chi connectivity index (χ1n) is 12.0. The number of nitrogens with zero attached hydrogens (tertiary/aromatic N) is 4. The third-order valence-corrected chi connectivity index (χ3v) is 6.94. The zero-order valence-corrected chi connectivity index (χ0v) is 19.2. The number of benzene rings is 2. The summed E-state index contributed by atoms with van der Waals surface area (Å²) in [5.74, 6) is -0.259. The van der Waals surface area contributed by atoms with Gasteiger partial charge in [0.05, 0.1) is 5.69 Å². The van der Waals surface area contributed by atoms with Gasteiger partial charge in [-0.2, -0.15) is 5.10 Å². The Bertz CT molecular complexity index is 1380. The lowest BCUT2D eigenvalue weighted by Gasteiger charge is -2.34. The van der Waals surface area contributed by atoms with E-state index in [0.717, 1.165) is 48.0 Å². The SMILES string of the molecule is O=C(c1cc2ccccc2o1)N1CCN(C(=O)c2nn(-c3ccc(F)cc3)c3c2CCCC3)CC1. The van der Waals surface area contributed by atoms with E-state index in [0.29, 0.717) is 43.2 Å². The Balaban J connectivity index is 1.20. The summed E-state index contributed by atoms with van der Waals surface area (Å²) in [7, 11) is 0. The van der Waals surface area contributed by atoms with Crippen LogP contribution in [-0.4, -0.2) is 57.6 Å². The van der Waals surface area contributed by atoms with Gasteiger partial charge in [-0.1, -0.05) is 18.2 Å². The molecule has 1 aliphatic carbocycles. The minimum atomic E-state index is -0.305. The summed E-state index contributed by atoms with van der Waals surface area (Å²) in [6, 6.07) is 15.5. The van der Waals surface area contributed by atoms with Crippen molar-refractivity contribution >= 4 is 22.8 Å². The third kappa shape index (κ3) is 3.88. The number of furan rings is 1. The number of hydrogen-bond acceptors (Lipinski definition) is 4. The first-order chi connectivity index (χ1) is 17.1. The molecule has 7 nitrogen and oxygen atoms in total. The highest BCUT2D eigenvalue weighted by Gasteiger charge is 2.32. The van der Waals surface area contributed by atoms with Gasteiger partial charge in [0, 0.05) is 42.8 Å². The smallest absolute Gasteiger partial charge is 0.289 e. The molecule has 2 amide bonds. The van der Waals surface area contributed by atoms with Gasteiger partial charge in [0.25, 0.3) is 11.8 Å². The molecule has 1 fully saturated rings. The number of fused-ring (bicyclic) bond motifs is 2. The summed E-state index contributed by atoms with van der Waals surface area (Å²) in [6.45, 7) is 1.73. The minimum Gasteiger partial charge on any atom is -0.451 e. The Hall–Kier alpha value is -3.94. The molecule has 0 atom stereocenters. The van der Waals surface area contributed by atoms with E-state index < -0.39 is 0 Å². The third-order valence-electron chi connectivity index (χ3n) is 6.94. The lowest BCUT2D eigenvalue weighted by molar-refractivity contribution is 0.0515. The molecular formula is C27H25FN4O3. The predicted octanol–water partition coefficient (Wildman–Crippen LogP) is 4.23. The average Bonchev–Trinajstić information content (AvgIpc) is 3.51. The molecule has 35 heavy (non-hydrogen) atoms. The van der Waals surface area contributed by atoms with Crippen LogP contribution in [0.5, 0.6) is 0 Å². The number of hydrogen-bond donors (Lipinski definition) is 0. The van der Waals surface area contributed by atoms with Crippen LogP contribution < -0.4 is 0 Å². The van der Waals surface area contributed by atoms with E-state index in [9.17, 15) is 14.0 Å². The van der Waals surface area contributed by atoms with Gasteiger partial charge in [0.2, 0.25) is 0 Å². The molecule has 1 saturated heterocycles. The highest BCUT2D eigenvalue weighted by molar-refractivity contribution is 5.97. The van der Waals surface area contributed by atoms with E-state index in [4.69, 9.17) is 9.52 Å². The monoisotopic (exact) mass is 472 g/mol. The van der Waals surface area contributed by atoms with Crippen LogP contribution in [0.3, 0.4) is 0 Å². The van der Waals surface area contributed by atoms with Crippen LogP contribution in [0, 0.1) is 5.82 Å². The topological polar surface area (TPSA) is 71.6 Å². The zero-order chi connectivity index (χ0) is 23.9. The summed E-state index contributed by atoms with van der Waals surface area (Å²) in [5.41, 5.74) is 3.94. The van der Waals surface area contributed by atoms with Gasteiger partial charge in [-0.25, -0.2) is 9.07 Å². The Morgan fingerprint density at radius 2 is 1.54 bits per heavy atom. The maximum absolute atomic E-state index is 13.5. The maximum atomic E-state index is 13.5. The van der Waals surface area contributed by atoms with Gasteiger partial charge in [-0.05, 0) is 62.1 Å². The number of halogens is 1. The fraction of sp³-hybridized carbons (Fsp3) is 0.296. The van der Waals surface area contributed by atoms with Gasteiger partial charge in [0.1, 0.15) is 11.4 Å². The molecule has 3 heterocycles. The Labute approximate surface area is 201 Å². The highest BCUT2D eigenvalue weighted by atomic mass is 19.1. The molecule has 0 bridgehead atoms. The standard InChI is InChI=1S/C27H25FN4O3/c28-19-9-11-20(12-10-19)32-22-7-3-2-6-21(22)25(29-32)27(34)31-15-13-30(14-16-31)26(33)24-17-18-5-1-4-8-23(18)35-24/h1,4-5,8-12,17H,2-3,6-7,13-16H2. The summed E-state index contributed by atoms with van der Waals surface area (Å²) in [4.78, 5) is 30.0. The van der Waals surface area contributed by atoms with E-state index in [-0.39, 0.29) is 17.6 Å². The van der Waals surface area contributed by atoms with Crippen LogP contribution in [0.1, 0.15) is 45.1 Å². The summed E-state index contributed by atoms with van der Waals surface area (Å²) in [6.07, 6.45) is 3.70. The zero-order valence-electron chi connectivity index (χ0n) is 19.2. The van der Waals surface area contributed by atoms with Crippen molar-refractivity contribution in [1.29, 1.82) is 0 Å². The number of amides is 2. The van der Waals surface area contributed by atoms with Gasteiger partial charge >= 0.3 is 0 Å². The first-order valence-corrected chi connectivity index (χ1v) is 12.0. The predicted molar refractivity (Wildman–Crippen MR) is 128 cm³/mol. The Morgan fingerprint density at radius 1 is 0.857 bits per heavy atom. The van der Waals surface area contributed by atoms with E-state index >= 15 is 0 Å². The molecule has 2 aromatic heterocycles. The second-order valence-electron chi connectivity index (χ2n) is 9.10. The second kappa shape index (κ2) is 8.69. The number of rotatable bonds is 3. The number of carbonyl (C=O) groups excluding carboxylic acids is 2. The van der Waals surface area contributed by atoms with Crippen LogP contribution in [-0.2, 0) is 12.8 Å². The molecule has 1 aliphatic heterocycles. The minimum absolute atomic E-state index is 0.111. The van der Waals surface area contributed by atoms with Crippen LogP contribution in [0.2, 0.25) is 0 Å². The molecule has 2 aliphatic rings. The first kappa shape index (κ1) is 21.6. The maximum Gasteiger partial charge on any atom is 0.289 e. The molecule has 6 rings (SSSR count). The fourth-order valence-electron chi connectivity index (χ4n) is 5.07. The molecule has 0 radical (unpaired) electrons. The van der Waals surface area contributed by atoms with Crippen molar-refractivity contribution in [1.82, 2.24) is 19.6 Å². The Morgan fingerprint density at radius 3 is 2.29 bits per heavy atom. The van der Waals surface area contributed by atoms with Crippen LogP contribution >= 0.6 is 0 Å². The van der Waals surface area contributed by atoms with Crippen LogP contribution in [0.15, 0.2) is 59.0 Å². The molecule has 0 N–H and O–H groups in total. The molecule has 0 saturated carbocycles. The van der Waals surface area contributed by atoms with Crippen molar-refractivity contribution in [3.63, 3.8) is 0 Å². The average molecular weight is 473 g/mol. The number of aromatic nitrogens is 2. The molecular weight excluding hydrogens is 447 g/mol. The quantitative estimate of drug-likeness (QED) is 0.447. The molecule has 178 valence electrons. The number of carbonyl (C=O) groups is 2. The molecule has 8 heteroatoms. The van der Waals surface area contributed by atoms with E-state index in [1.165, 1.54) is 12.1 Å². The summed E-state index contributed by atoms with van der Waals surface area (Å²) < 4.78 is 21.0. The fourth-order valence-corrected chi connectivity index (χ4v) is 5.07. The van der Waals surface area contributed by atoms with Gasteiger partial charge in [-0.3, -0.25) is 9.59 Å².